The van der Waals surface area contributed by atoms with Crippen LogP contribution in [0.1, 0.15) is 33.6 Å². The minimum Gasteiger partial charge on any atom is -0.317 e. The van der Waals surface area contributed by atoms with E-state index in [2.05, 4.69) is 76.9 Å². The molecule has 1 aromatic heterocycles. The molecule has 0 aliphatic rings. The zero-order valence-electron chi connectivity index (χ0n) is 18.0. The van der Waals surface area contributed by atoms with Crippen molar-refractivity contribution in [3.8, 4) is 5.69 Å². The number of nitrogens with zero attached hydrogens (tertiary/aromatic N) is 2. The minimum atomic E-state index is -0.146. The number of hydrogen-bond donors (Lipinski definition) is 1. The molecule has 0 saturated carbocycles. The van der Waals surface area contributed by atoms with Crippen LogP contribution in [0.25, 0.3) is 5.69 Å². The molecule has 0 aliphatic carbocycles. The molecule has 0 radical (unpaired) electrons. The van der Waals surface area contributed by atoms with Gasteiger partial charge in [-0.05, 0) is 78.5 Å². The number of hydrazone groups is 1. The number of carbonyl (C=O) groups is 1. The van der Waals surface area contributed by atoms with Crippen molar-refractivity contribution in [3.05, 3.63) is 85.6 Å². The van der Waals surface area contributed by atoms with Crippen molar-refractivity contribution in [2.45, 2.75) is 33.4 Å². The van der Waals surface area contributed by atoms with Crippen molar-refractivity contribution < 1.29 is 4.79 Å². The molecular formula is C24H25BrClN3OS. The number of hydrogen-bond acceptors (Lipinski definition) is 3. The topological polar surface area (TPSA) is 46.4 Å². The van der Waals surface area contributed by atoms with Gasteiger partial charge < -0.3 is 4.57 Å². The van der Waals surface area contributed by atoms with Crippen molar-refractivity contribution in [3.63, 3.8) is 0 Å². The maximum Gasteiger partial charge on any atom is 0.250 e. The Morgan fingerprint density at radius 2 is 1.81 bits per heavy atom. The van der Waals surface area contributed by atoms with Crippen molar-refractivity contribution >= 4 is 51.4 Å². The Bertz CT molecular complexity index is 1120. The molecule has 0 aliphatic heterocycles. The van der Waals surface area contributed by atoms with Crippen LogP contribution in [0, 0.1) is 27.7 Å². The van der Waals surface area contributed by atoms with Crippen molar-refractivity contribution in [1.29, 1.82) is 0 Å². The quantitative estimate of drug-likeness (QED) is 0.286. The van der Waals surface area contributed by atoms with Crippen LogP contribution in [0.3, 0.4) is 0 Å². The molecule has 0 atom stereocenters. The second-order valence-electron chi connectivity index (χ2n) is 7.46. The molecule has 0 fully saturated rings. The van der Waals surface area contributed by atoms with Gasteiger partial charge in [0.2, 0.25) is 5.91 Å². The molecular weight excluding hydrogens is 494 g/mol. The standard InChI is InChI=1S/C24H25BrClN3OS/c1-15-9-16(2)11-20(10-15)29-17(3)21(24(25)18(29)4)12-27-28-23(30)14-31-13-19-7-5-6-8-22(19)26/h5-12H,13-14H2,1-4H3,(H,28,30)/b27-12-. The summed E-state index contributed by atoms with van der Waals surface area (Å²) in [7, 11) is 0. The first-order valence-corrected chi connectivity index (χ1v) is 12.2. The summed E-state index contributed by atoms with van der Waals surface area (Å²) in [5.41, 5.74) is 10.3. The van der Waals surface area contributed by atoms with Gasteiger partial charge in [-0.15, -0.1) is 11.8 Å². The van der Waals surface area contributed by atoms with E-state index in [1.54, 1.807) is 6.21 Å². The molecule has 7 heteroatoms. The van der Waals surface area contributed by atoms with Gasteiger partial charge in [0.05, 0.1) is 12.0 Å². The van der Waals surface area contributed by atoms with E-state index < -0.39 is 0 Å². The number of nitrogens with one attached hydrogen (secondary N) is 1. The summed E-state index contributed by atoms with van der Waals surface area (Å²) >= 11 is 11.3. The minimum absolute atomic E-state index is 0.146. The van der Waals surface area contributed by atoms with Gasteiger partial charge in [0.25, 0.3) is 0 Å². The Morgan fingerprint density at radius 1 is 1.13 bits per heavy atom. The Kier molecular flexibility index (Phi) is 8.03. The molecule has 4 nitrogen and oxygen atoms in total. The number of benzene rings is 2. The highest BCUT2D eigenvalue weighted by atomic mass is 79.9. The van der Waals surface area contributed by atoms with Gasteiger partial charge in [-0.25, -0.2) is 5.43 Å². The van der Waals surface area contributed by atoms with Crippen LogP contribution in [0.15, 0.2) is 52.0 Å². The van der Waals surface area contributed by atoms with E-state index in [1.807, 2.05) is 24.3 Å². The van der Waals surface area contributed by atoms with E-state index in [9.17, 15) is 4.79 Å². The first kappa shape index (κ1) is 23.6. The highest BCUT2D eigenvalue weighted by Crippen LogP contribution is 2.30. The summed E-state index contributed by atoms with van der Waals surface area (Å²) < 4.78 is 3.17. The largest absolute Gasteiger partial charge is 0.317 e. The summed E-state index contributed by atoms with van der Waals surface area (Å²) in [5.74, 6) is 0.845. The summed E-state index contributed by atoms with van der Waals surface area (Å²) in [6, 6.07) is 14.2. The third-order valence-corrected chi connectivity index (χ3v) is 7.26. The Balaban J connectivity index is 1.66. The second-order valence-corrected chi connectivity index (χ2v) is 9.64. The average molecular weight is 519 g/mol. The molecule has 1 amide bonds. The third-order valence-electron chi connectivity index (χ3n) is 4.91. The van der Waals surface area contributed by atoms with Gasteiger partial charge in [0.1, 0.15) is 0 Å². The molecule has 1 N–H and O–H groups in total. The first-order chi connectivity index (χ1) is 14.8. The lowest BCUT2D eigenvalue weighted by molar-refractivity contribution is -0.118. The normalized spacial score (nSPS) is 11.3. The lowest BCUT2D eigenvalue weighted by Crippen LogP contribution is -2.19. The Morgan fingerprint density at radius 3 is 2.48 bits per heavy atom. The number of thioether (sulfide) groups is 1. The zero-order valence-corrected chi connectivity index (χ0v) is 21.2. The maximum atomic E-state index is 12.2. The Hall–Kier alpha value is -2.02. The van der Waals surface area contributed by atoms with Gasteiger partial charge in [-0.3, -0.25) is 4.79 Å². The van der Waals surface area contributed by atoms with E-state index in [1.165, 1.54) is 22.9 Å². The predicted octanol–water partition coefficient (Wildman–Crippen LogP) is 6.51. The second kappa shape index (κ2) is 10.5. The van der Waals surface area contributed by atoms with Crippen LogP contribution < -0.4 is 5.43 Å². The van der Waals surface area contributed by atoms with Crippen LogP contribution in [0.4, 0.5) is 0 Å². The fourth-order valence-electron chi connectivity index (χ4n) is 3.51. The maximum absolute atomic E-state index is 12.2. The SMILES string of the molecule is Cc1cc(C)cc(-n2c(C)c(Br)c(/C=N\NC(=O)CSCc3ccccc3Cl)c2C)c1. The van der Waals surface area contributed by atoms with Gasteiger partial charge in [-0.2, -0.15) is 5.10 Å². The average Bonchev–Trinajstić information content (AvgIpc) is 2.92. The van der Waals surface area contributed by atoms with Gasteiger partial charge >= 0.3 is 0 Å². The number of rotatable bonds is 7. The predicted molar refractivity (Wildman–Crippen MR) is 136 cm³/mol. The zero-order chi connectivity index (χ0) is 22.5. The molecule has 31 heavy (non-hydrogen) atoms. The Labute approximate surface area is 201 Å². The van der Waals surface area contributed by atoms with E-state index in [-0.39, 0.29) is 5.91 Å². The lowest BCUT2D eigenvalue weighted by atomic mass is 10.1. The summed E-state index contributed by atoms with van der Waals surface area (Å²) in [6.07, 6.45) is 1.70. The molecule has 0 unspecified atom stereocenters. The van der Waals surface area contributed by atoms with Crippen LogP contribution in [-0.2, 0) is 10.5 Å². The lowest BCUT2D eigenvalue weighted by Gasteiger charge is -2.11. The third kappa shape index (κ3) is 5.82. The summed E-state index contributed by atoms with van der Waals surface area (Å²) in [5, 5.41) is 4.90. The number of aryl methyl sites for hydroxylation is 2. The molecule has 1 heterocycles. The van der Waals surface area contributed by atoms with Gasteiger partial charge in [0, 0.05) is 37.9 Å². The smallest absolute Gasteiger partial charge is 0.250 e. The number of carbonyl (C=O) groups excluding carboxylic acids is 1. The summed E-state index contributed by atoms with van der Waals surface area (Å²) in [6.45, 7) is 8.32. The van der Waals surface area contributed by atoms with E-state index >= 15 is 0 Å². The van der Waals surface area contributed by atoms with Gasteiger partial charge in [-0.1, -0.05) is 35.9 Å². The molecule has 0 bridgehead atoms. The number of amides is 1. The van der Waals surface area contributed by atoms with Gasteiger partial charge in [0.15, 0.2) is 0 Å². The number of halogens is 2. The monoisotopic (exact) mass is 517 g/mol. The molecule has 0 spiro atoms. The van der Waals surface area contributed by atoms with E-state index in [0.717, 1.165) is 37.7 Å². The van der Waals surface area contributed by atoms with Crippen molar-refractivity contribution in [1.82, 2.24) is 9.99 Å². The highest BCUT2D eigenvalue weighted by Gasteiger charge is 2.16. The van der Waals surface area contributed by atoms with Crippen LogP contribution in [0.2, 0.25) is 5.02 Å². The molecule has 0 saturated heterocycles. The van der Waals surface area contributed by atoms with Crippen LogP contribution in [0.5, 0.6) is 0 Å². The van der Waals surface area contributed by atoms with Crippen LogP contribution in [-0.4, -0.2) is 22.4 Å². The molecule has 3 aromatic rings. The first-order valence-electron chi connectivity index (χ1n) is 9.87. The molecule has 2 aromatic carbocycles. The van der Waals surface area contributed by atoms with E-state index in [0.29, 0.717) is 11.5 Å². The van der Waals surface area contributed by atoms with Crippen molar-refractivity contribution in [2.24, 2.45) is 5.10 Å². The van der Waals surface area contributed by atoms with Crippen molar-refractivity contribution in [2.75, 3.05) is 5.75 Å². The fourth-order valence-corrected chi connectivity index (χ4v) is 5.18. The van der Waals surface area contributed by atoms with Crippen LogP contribution >= 0.6 is 39.3 Å². The number of aromatic nitrogens is 1. The highest BCUT2D eigenvalue weighted by molar-refractivity contribution is 9.10. The molecule has 3 rings (SSSR count). The fraction of sp³-hybridized carbons (Fsp3) is 0.250. The summed E-state index contributed by atoms with van der Waals surface area (Å²) in [4.78, 5) is 12.2. The molecule has 162 valence electrons. The van der Waals surface area contributed by atoms with E-state index in [4.69, 9.17) is 11.6 Å².